The fourth-order valence-electron chi connectivity index (χ4n) is 2.13. The third-order valence-corrected chi connectivity index (χ3v) is 3.08. The molecule has 2 unspecified atom stereocenters. The number of rotatable bonds is 5. The lowest BCUT2D eigenvalue weighted by molar-refractivity contribution is -0.130. The van der Waals surface area contributed by atoms with Gasteiger partial charge in [0, 0.05) is 6.54 Å². The predicted molar refractivity (Wildman–Crippen MR) is 62.5 cm³/mol. The maximum Gasteiger partial charge on any atom is 0.241 e. The van der Waals surface area contributed by atoms with E-state index in [0.717, 1.165) is 25.8 Å². The maximum absolute atomic E-state index is 12.0. The van der Waals surface area contributed by atoms with E-state index >= 15 is 0 Å². The van der Waals surface area contributed by atoms with Crippen molar-refractivity contribution in [1.29, 1.82) is 0 Å². The molecule has 1 heterocycles. The molecule has 3 heteroatoms. The molecule has 0 aromatic heterocycles. The Bertz CT molecular complexity index is 216. The minimum Gasteiger partial charge on any atom is -0.326 e. The number of carbonyl (C=O) groups excluding carboxylic acids is 1. The van der Waals surface area contributed by atoms with Crippen LogP contribution in [0.15, 0.2) is 0 Å². The van der Waals surface area contributed by atoms with Gasteiger partial charge in [-0.05, 0) is 18.8 Å². The summed E-state index contributed by atoms with van der Waals surface area (Å²) in [6, 6.07) is 0.0502. The summed E-state index contributed by atoms with van der Waals surface area (Å²) in [4.78, 5) is 14.1. The van der Waals surface area contributed by atoms with Crippen molar-refractivity contribution in [3.8, 4) is 0 Å². The Morgan fingerprint density at radius 1 is 1.40 bits per heavy atom. The average Bonchev–Trinajstić information content (AvgIpc) is 2.52. The Morgan fingerprint density at radius 2 is 2.07 bits per heavy atom. The van der Waals surface area contributed by atoms with Crippen LogP contribution in [0.3, 0.4) is 0 Å². The molecule has 88 valence electrons. The molecular formula is C12H24N2O. The number of nitrogens with one attached hydrogen (secondary N) is 1. The first-order chi connectivity index (χ1) is 7.11. The summed E-state index contributed by atoms with van der Waals surface area (Å²) in [7, 11) is 0. The van der Waals surface area contributed by atoms with Crippen LogP contribution in [0.4, 0.5) is 0 Å². The van der Waals surface area contributed by atoms with Gasteiger partial charge in [0.2, 0.25) is 5.91 Å². The van der Waals surface area contributed by atoms with Crippen LogP contribution in [0.1, 0.15) is 47.0 Å². The molecule has 1 aliphatic rings. The first-order valence-electron chi connectivity index (χ1n) is 6.18. The molecule has 1 amide bonds. The van der Waals surface area contributed by atoms with Gasteiger partial charge in [-0.3, -0.25) is 10.1 Å². The lowest BCUT2D eigenvalue weighted by Crippen LogP contribution is -2.41. The molecule has 1 aliphatic heterocycles. The molecular weight excluding hydrogens is 188 g/mol. The van der Waals surface area contributed by atoms with Crippen LogP contribution in [0.25, 0.3) is 0 Å². The van der Waals surface area contributed by atoms with E-state index in [4.69, 9.17) is 0 Å². The maximum atomic E-state index is 12.0. The monoisotopic (exact) mass is 212 g/mol. The van der Waals surface area contributed by atoms with Gasteiger partial charge >= 0.3 is 0 Å². The Morgan fingerprint density at radius 3 is 2.53 bits per heavy atom. The van der Waals surface area contributed by atoms with Gasteiger partial charge in [0.05, 0.1) is 12.2 Å². The minimum absolute atomic E-state index is 0.0502. The first kappa shape index (κ1) is 12.5. The number of hydrogen-bond donors (Lipinski definition) is 1. The average molecular weight is 212 g/mol. The second-order valence-electron chi connectivity index (χ2n) is 4.70. The summed E-state index contributed by atoms with van der Waals surface area (Å²) >= 11 is 0. The van der Waals surface area contributed by atoms with Crippen LogP contribution in [0.2, 0.25) is 0 Å². The molecule has 0 aromatic rings. The topological polar surface area (TPSA) is 32.3 Å². The summed E-state index contributed by atoms with van der Waals surface area (Å²) in [5.74, 6) is 0.784. The van der Waals surface area contributed by atoms with Crippen LogP contribution in [0.5, 0.6) is 0 Å². The zero-order chi connectivity index (χ0) is 11.4. The largest absolute Gasteiger partial charge is 0.326 e. The van der Waals surface area contributed by atoms with Gasteiger partial charge in [0.1, 0.15) is 0 Å². The van der Waals surface area contributed by atoms with E-state index in [1.807, 2.05) is 4.90 Å². The smallest absolute Gasteiger partial charge is 0.241 e. The predicted octanol–water partition coefficient (Wildman–Crippen LogP) is 1.98. The summed E-state index contributed by atoms with van der Waals surface area (Å²) < 4.78 is 0. The molecule has 1 saturated heterocycles. The van der Waals surface area contributed by atoms with Crippen molar-refractivity contribution in [1.82, 2.24) is 10.2 Å². The molecule has 3 nitrogen and oxygen atoms in total. The van der Waals surface area contributed by atoms with Crippen molar-refractivity contribution >= 4 is 5.91 Å². The zero-order valence-corrected chi connectivity index (χ0v) is 10.4. The van der Waals surface area contributed by atoms with Gasteiger partial charge in [-0.1, -0.05) is 34.1 Å². The zero-order valence-electron chi connectivity index (χ0n) is 10.4. The minimum atomic E-state index is 0.0502. The highest BCUT2D eigenvalue weighted by Gasteiger charge is 2.38. The Hall–Kier alpha value is -0.570. The molecule has 2 atom stereocenters. The Labute approximate surface area is 93.2 Å². The van der Waals surface area contributed by atoms with Crippen molar-refractivity contribution in [2.45, 2.75) is 59.2 Å². The SMILES string of the molecule is CCCCN1C(=O)C(CC)NC1C(C)C. The van der Waals surface area contributed by atoms with E-state index in [0.29, 0.717) is 11.8 Å². The van der Waals surface area contributed by atoms with Crippen LogP contribution < -0.4 is 5.32 Å². The summed E-state index contributed by atoms with van der Waals surface area (Å²) in [5.41, 5.74) is 0. The van der Waals surface area contributed by atoms with Crippen LogP contribution >= 0.6 is 0 Å². The van der Waals surface area contributed by atoms with E-state index in [-0.39, 0.29) is 12.2 Å². The fraction of sp³-hybridized carbons (Fsp3) is 0.917. The van der Waals surface area contributed by atoms with Crippen molar-refractivity contribution < 1.29 is 4.79 Å². The van der Waals surface area contributed by atoms with Crippen molar-refractivity contribution in [2.24, 2.45) is 5.92 Å². The van der Waals surface area contributed by atoms with Gasteiger partial charge in [0.15, 0.2) is 0 Å². The van der Waals surface area contributed by atoms with Gasteiger partial charge in [0.25, 0.3) is 0 Å². The second-order valence-corrected chi connectivity index (χ2v) is 4.70. The molecule has 0 aliphatic carbocycles. The normalized spacial score (nSPS) is 26.7. The fourth-order valence-corrected chi connectivity index (χ4v) is 2.13. The molecule has 0 radical (unpaired) electrons. The molecule has 0 spiro atoms. The van der Waals surface area contributed by atoms with Gasteiger partial charge in [-0.2, -0.15) is 0 Å². The Kier molecular flexibility index (Phi) is 4.58. The molecule has 0 aromatic carbocycles. The summed E-state index contributed by atoms with van der Waals surface area (Å²) in [6.07, 6.45) is 3.39. The molecule has 0 bridgehead atoms. The summed E-state index contributed by atoms with van der Waals surface area (Å²) in [5, 5.41) is 3.43. The number of nitrogens with zero attached hydrogens (tertiary/aromatic N) is 1. The number of amides is 1. The number of carbonyl (C=O) groups is 1. The van der Waals surface area contributed by atoms with Crippen molar-refractivity contribution in [2.75, 3.05) is 6.54 Å². The number of unbranched alkanes of at least 4 members (excludes halogenated alkanes) is 1. The highest BCUT2D eigenvalue weighted by atomic mass is 16.2. The van der Waals surface area contributed by atoms with Gasteiger partial charge in [-0.25, -0.2) is 0 Å². The molecule has 1 N–H and O–H groups in total. The van der Waals surface area contributed by atoms with Crippen molar-refractivity contribution in [3.63, 3.8) is 0 Å². The van der Waals surface area contributed by atoms with Crippen molar-refractivity contribution in [3.05, 3.63) is 0 Å². The number of hydrogen-bond acceptors (Lipinski definition) is 2. The van der Waals surface area contributed by atoms with Crippen LogP contribution in [-0.2, 0) is 4.79 Å². The molecule has 1 rings (SSSR count). The summed E-state index contributed by atoms with van der Waals surface area (Å²) in [6.45, 7) is 9.47. The van der Waals surface area contributed by atoms with Gasteiger partial charge in [-0.15, -0.1) is 0 Å². The van der Waals surface area contributed by atoms with E-state index in [1.165, 1.54) is 0 Å². The van der Waals surface area contributed by atoms with Crippen LogP contribution in [-0.4, -0.2) is 29.6 Å². The lowest BCUT2D eigenvalue weighted by Gasteiger charge is -2.27. The highest BCUT2D eigenvalue weighted by molar-refractivity contribution is 5.84. The highest BCUT2D eigenvalue weighted by Crippen LogP contribution is 2.19. The molecule has 1 fully saturated rings. The Balaban J connectivity index is 2.65. The standard InChI is InChI=1S/C12H24N2O/c1-5-7-8-14-11(9(3)4)13-10(6-2)12(14)15/h9-11,13H,5-8H2,1-4H3. The van der Waals surface area contributed by atoms with E-state index in [2.05, 4.69) is 33.0 Å². The third kappa shape index (κ3) is 2.71. The second kappa shape index (κ2) is 5.50. The van der Waals surface area contributed by atoms with E-state index < -0.39 is 0 Å². The van der Waals surface area contributed by atoms with E-state index in [1.54, 1.807) is 0 Å². The van der Waals surface area contributed by atoms with Gasteiger partial charge < -0.3 is 4.90 Å². The van der Waals surface area contributed by atoms with Crippen LogP contribution in [0, 0.1) is 5.92 Å². The quantitative estimate of drug-likeness (QED) is 0.755. The molecule has 15 heavy (non-hydrogen) atoms. The first-order valence-corrected chi connectivity index (χ1v) is 6.18. The third-order valence-electron chi connectivity index (χ3n) is 3.08. The lowest BCUT2D eigenvalue weighted by atomic mass is 10.1. The van der Waals surface area contributed by atoms with E-state index in [9.17, 15) is 4.79 Å². The molecule has 0 saturated carbocycles.